The molecule has 5 rings (SSSR count). The molecule has 0 radical (unpaired) electrons. The molecule has 0 atom stereocenters. The third-order valence-electron chi connectivity index (χ3n) is 5.54. The number of benzene rings is 4. The van der Waals surface area contributed by atoms with Crippen molar-refractivity contribution in [2.75, 3.05) is 11.1 Å². The van der Waals surface area contributed by atoms with E-state index in [1.807, 2.05) is 37.3 Å². The van der Waals surface area contributed by atoms with Crippen LogP contribution in [0.25, 0.3) is 21.8 Å². The number of rotatable bonds is 6. The van der Waals surface area contributed by atoms with E-state index < -0.39 is 10.0 Å². The van der Waals surface area contributed by atoms with E-state index in [1.165, 1.54) is 3.97 Å². The van der Waals surface area contributed by atoms with Gasteiger partial charge in [-0.05, 0) is 59.7 Å². The van der Waals surface area contributed by atoms with Crippen molar-refractivity contribution in [2.45, 2.75) is 17.0 Å². The quantitative estimate of drug-likeness (QED) is 0.272. The lowest BCUT2D eigenvalue weighted by molar-refractivity contribution is -0.113. The van der Waals surface area contributed by atoms with Crippen molar-refractivity contribution in [3.8, 4) is 0 Å². The molecular formula is C26H20ClN3O3S2. The molecule has 0 unspecified atom stereocenters. The van der Waals surface area contributed by atoms with Crippen LogP contribution in [0.1, 0.15) is 5.56 Å². The second-order valence-corrected chi connectivity index (χ2v) is 11.1. The predicted molar refractivity (Wildman–Crippen MR) is 142 cm³/mol. The van der Waals surface area contributed by atoms with Crippen molar-refractivity contribution < 1.29 is 13.2 Å². The molecule has 0 saturated heterocycles. The van der Waals surface area contributed by atoms with Gasteiger partial charge in [-0.3, -0.25) is 4.79 Å². The zero-order valence-corrected chi connectivity index (χ0v) is 21.0. The minimum atomic E-state index is -3.98. The zero-order chi connectivity index (χ0) is 24.6. The molecule has 0 aliphatic rings. The number of imidazole rings is 1. The maximum Gasteiger partial charge on any atom is 0.270 e. The Kier molecular flexibility index (Phi) is 6.27. The average Bonchev–Trinajstić information content (AvgIpc) is 3.24. The predicted octanol–water partition coefficient (Wildman–Crippen LogP) is 6.12. The summed E-state index contributed by atoms with van der Waals surface area (Å²) < 4.78 is 28.8. The number of para-hydroxylation sites is 2. The SMILES string of the molecule is Cc1ccc(NC(=O)CSc2nc3ccccc3n2S(=O)(=O)c2ccc3ccccc3c2)cc1Cl. The smallest absolute Gasteiger partial charge is 0.270 e. The summed E-state index contributed by atoms with van der Waals surface area (Å²) in [5.41, 5.74) is 2.47. The Balaban J connectivity index is 1.48. The van der Waals surface area contributed by atoms with Gasteiger partial charge in [0.15, 0.2) is 5.16 Å². The highest BCUT2D eigenvalue weighted by Gasteiger charge is 2.25. The van der Waals surface area contributed by atoms with Crippen LogP contribution in [0.2, 0.25) is 5.02 Å². The minimum Gasteiger partial charge on any atom is -0.325 e. The molecule has 0 bridgehead atoms. The Hall–Kier alpha value is -3.33. The maximum atomic E-state index is 13.8. The summed E-state index contributed by atoms with van der Waals surface area (Å²) in [5, 5.41) is 5.34. The van der Waals surface area contributed by atoms with E-state index in [1.54, 1.807) is 54.6 Å². The highest BCUT2D eigenvalue weighted by atomic mass is 35.5. The summed E-state index contributed by atoms with van der Waals surface area (Å²) in [4.78, 5) is 17.3. The van der Waals surface area contributed by atoms with Crippen LogP contribution >= 0.6 is 23.4 Å². The molecule has 1 amide bonds. The van der Waals surface area contributed by atoms with Gasteiger partial charge in [-0.15, -0.1) is 0 Å². The largest absolute Gasteiger partial charge is 0.325 e. The highest BCUT2D eigenvalue weighted by molar-refractivity contribution is 8.00. The molecular weight excluding hydrogens is 502 g/mol. The van der Waals surface area contributed by atoms with Crippen molar-refractivity contribution in [1.82, 2.24) is 8.96 Å². The van der Waals surface area contributed by atoms with Crippen LogP contribution in [0.3, 0.4) is 0 Å². The van der Waals surface area contributed by atoms with Crippen molar-refractivity contribution in [3.63, 3.8) is 0 Å². The first-order valence-electron chi connectivity index (χ1n) is 10.7. The number of thioether (sulfide) groups is 1. The maximum absolute atomic E-state index is 13.8. The molecule has 1 N–H and O–H groups in total. The standard InChI is InChI=1S/C26H20ClN3O3S2/c1-17-10-12-20(15-22(17)27)28-25(31)16-34-26-29-23-8-4-5-9-24(23)30(26)35(32,33)21-13-11-18-6-2-3-7-19(18)14-21/h2-15H,16H2,1H3,(H,28,31). The first-order valence-corrected chi connectivity index (χ1v) is 13.5. The first-order chi connectivity index (χ1) is 16.8. The summed E-state index contributed by atoms with van der Waals surface area (Å²) in [6.07, 6.45) is 0. The van der Waals surface area contributed by atoms with Crippen LogP contribution in [0.5, 0.6) is 0 Å². The molecule has 1 aromatic heterocycles. The lowest BCUT2D eigenvalue weighted by Gasteiger charge is -2.11. The van der Waals surface area contributed by atoms with Crippen LogP contribution in [0.4, 0.5) is 5.69 Å². The lowest BCUT2D eigenvalue weighted by Crippen LogP contribution is -2.17. The fourth-order valence-corrected chi connectivity index (χ4v) is 6.47. The van der Waals surface area contributed by atoms with Gasteiger partial charge in [0.25, 0.3) is 10.0 Å². The number of aromatic nitrogens is 2. The molecule has 4 aromatic carbocycles. The zero-order valence-electron chi connectivity index (χ0n) is 18.6. The van der Waals surface area contributed by atoms with E-state index in [9.17, 15) is 13.2 Å². The van der Waals surface area contributed by atoms with Gasteiger partial charge in [-0.1, -0.05) is 71.9 Å². The first kappa shape index (κ1) is 23.4. The van der Waals surface area contributed by atoms with E-state index >= 15 is 0 Å². The number of halogens is 1. The van der Waals surface area contributed by atoms with Gasteiger partial charge in [-0.2, -0.15) is 0 Å². The highest BCUT2D eigenvalue weighted by Crippen LogP contribution is 2.30. The molecule has 0 saturated carbocycles. The molecule has 0 aliphatic heterocycles. The van der Waals surface area contributed by atoms with Crippen molar-refractivity contribution >= 4 is 66.8 Å². The van der Waals surface area contributed by atoms with Gasteiger partial charge < -0.3 is 5.32 Å². The van der Waals surface area contributed by atoms with Gasteiger partial charge in [0.1, 0.15) is 0 Å². The number of hydrogen-bond donors (Lipinski definition) is 1. The van der Waals surface area contributed by atoms with Gasteiger partial charge in [0.05, 0.1) is 21.7 Å². The Bertz CT molecular complexity index is 1700. The lowest BCUT2D eigenvalue weighted by atomic mass is 10.1. The van der Waals surface area contributed by atoms with E-state index in [-0.39, 0.29) is 21.7 Å². The number of carbonyl (C=O) groups is 1. The molecule has 0 spiro atoms. The van der Waals surface area contributed by atoms with E-state index in [0.29, 0.717) is 21.7 Å². The fraction of sp³-hybridized carbons (Fsp3) is 0.0769. The molecule has 176 valence electrons. The molecule has 0 fully saturated rings. The fourth-order valence-electron chi connectivity index (χ4n) is 3.74. The summed E-state index contributed by atoms with van der Waals surface area (Å²) in [6, 6.07) is 24.9. The van der Waals surface area contributed by atoms with Gasteiger partial charge in [0.2, 0.25) is 5.91 Å². The summed E-state index contributed by atoms with van der Waals surface area (Å²) in [7, 11) is -3.98. The Labute approximate surface area is 212 Å². The number of anilines is 1. The number of carbonyl (C=O) groups excluding carboxylic acids is 1. The van der Waals surface area contributed by atoms with Crippen molar-refractivity contribution in [3.05, 3.63) is 95.5 Å². The molecule has 35 heavy (non-hydrogen) atoms. The Morgan fingerprint density at radius 1 is 0.971 bits per heavy atom. The van der Waals surface area contributed by atoms with E-state index in [0.717, 1.165) is 28.1 Å². The number of nitrogens with zero attached hydrogens (tertiary/aromatic N) is 2. The second kappa shape index (κ2) is 9.37. The van der Waals surface area contributed by atoms with E-state index in [4.69, 9.17) is 11.6 Å². The second-order valence-electron chi connectivity index (χ2n) is 7.96. The Morgan fingerprint density at radius 2 is 1.71 bits per heavy atom. The van der Waals surface area contributed by atoms with Crippen LogP contribution in [-0.4, -0.2) is 29.0 Å². The normalized spacial score (nSPS) is 11.7. The number of aryl methyl sites for hydroxylation is 1. The Morgan fingerprint density at radius 3 is 2.51 bits per heavy atom. The van der Waals surface area contributed by atoms with Gasteiger partial charge in [0, 0.05) is 10.7 Å². The van der Waals surface area contributed by atoms with E-state index in [2.05, 4.69) is 10.3 Å². The van der Waals surface area contributed by atoms with Crippen LogP contribution in [0.15, 0.2) is 95.0 Å². The molecule has 0 aliphatic carbocycles. The monoisotopic (exact) mass is 521 g/mol. The number of amides is 1. The topological polar surface area (TPSA) is 81.1 Å². The number of hydrogen-bond acceptors (Lipinski definition) is 5. The minimum absolute atomic E-state index is 0.0257. The van der Waals surface area contributed by atoms with Crippen molar-refractivity contribution in [1.29, 1.82) is 0 Å². The number of fused-ring (bicyclic) bond motifs is 2. The summed E-state index contributed by atoms with van der Waals surface area (Å²) in [6.45, 7) is 1.88. The van der Waals surface area contributed by atoms with Crippen LogP contribution in [-0.2, 0) is 14.8 Å². The van der Waals surface area contributed by atoms with Crippen LogP contribution in [0, 0.1) is 6.92 Å². The van der Waals surface area contributed by atoms with Gasteiger partial charge in [-0.25, -0.2) is 17.4 Å². The molecule has 9 heteroatoms. The summed E-state index contributed by atoms with van der Waals surface area (Å²) >= 11 is 7.20. The molecule has 5 aromatic rings. The molecule has 1 heterocycles. The third kappa shape index (κ3) is 4.65. The number of nitrogens with one attached hydrogen (secondary N) is 1. The van der Waals surface area contributed by atoms with Crippen LogP contribution < -0.4 is 5.32 Å². The summed E-state index contributed by atoms with van der Waals surface area (Å²) in [5.74, 6) is -0.321. The van der Waals surface area contributed by atoms with Crippen molar-refractivity contribution in [2.24, 2.45) is 0 Å². The van der Waals surface area contributed by atoms with Gasteiger partial charge >= 0.3 is 0 Å². The third-order valence-corrected chi connectivity index (χ3v) is 8.70. The average molecular weight is 522 g/mol. The molecule has 6 nitrogen and oxygen atoms in total.